The van der Waals surface area contributed by atoms with Crippen LogP contribution in [0.5, 0.6) is 0 Å². The van der Waals surface area contributed by atoms with Gasteiger partial charge in [-0.15, -0.1) is 11.3 Å². The molecule has 1 aliphatic heterocycles. The Hall–Kier alpha value is -1.87. The number of carbonyl (C=O) groups is 1. The number of amides is 1. The topological polar surface area (TPSA) is 119 Å². The van der Waals surface area contributed by atoms with E-state index in [1.165, 1.54) is 11.3 Å². The van der Waals surface area contributed by atoms with Gasteiger partial charge < -0.3 is 20.7 Å². The summed E-state index contributed by atoms with van der Waals surface area (Å²) in [5.74, 6) is -0.650. The Bertz CT molecular complexity index is 694. The van der Waals surface area contributed by atoms with Crippen molar-refractivity contribution in [3.8, 4) is 10.6 Å². The Balaban J connectivity index is 1.98. The number of thiazole rings is 1. The zero-order valence-electron chi connectivity index (χ0n) is 12.4. The number of pyridine rings is 1. The number of aliphatic hydroxyl groups is 2. The zero-order chi connectivity index (χ0) is 16.6. The summed E-state index contributed by atoms with van der Waals surface area (Å²) < 4.78 is 5.73. The second-order valence-electron chi connectivity index (χ2n) is 5.46. The number of nitrogens with two attached hydrogens (primary N) is 1. The van der Waals surface area contributed by atoms with Crippen LogP contribution in [0.15, 0.2) is 24.5 Å². The number of carbonyl (C=O) groups excluding carboxylic acids is 1. The second kappa shape index (κ2) is 6.32. The third kappa shape index (κ3) is 3.11. The summed E-state index contributed by atoms with van der Waals surface area (Å²) in [5.41, 5.74) is 6.34. The van der Waals surface area contributed by atoms with Crippen LogP contribution >= 0.6 is 11.3 Å². The zero-order valence-corrected chi connectivity index (χ0v) is 13.2. The molecule has 0 saturated carbocycles. The molecule has 2 aromatic heterocycles. The molecule has 0 aliphatic carbocycles. The van der Waals surface area contributed by atoms with Crippen LogP contribution in [0.3, 0.4) is 0 Å². The number of hydrogen-bond acceptors (Lipinski definition) is 7. The molecule has 1 fully saturated rings. The molecule has 1 aliphatic rings. The highest BCUT2D eigenvalue weighted by Gasteiger charge is 2.37. The van der Waals surface area contributed by atoms with E-state index in [1.807, 2.05) is 6.07 Å². The van der Waals surface area contributed by atoms with Gasteiger partial charge in [-0.05, 0) is 19.1 Å². The van der Waals surface area contributed by atoms with Gasteiger partial charge in [0.05, 0.1) is 23.2 Å². The SMILES string of the molecule is CC1OC(c2sc(-c3cccnc3)nc2C(N)=O)CC(O)C1O. The highest BCUT2D eigenvalue weighted by atomic mass is 32.1. The molecule has 122 valence electrons. The van der Waals surface area contributed by atoms with E-state index in [4.69, 9.17) is 10.5 Å². The van der Waals surface area contributed by atoms with Crippen LogP contribution in [0.1, 0.15) is 34.8 Å². The van der Waals surface area contributed by atoms with Gasteiger partial charge in [-0.25, -0.2) is 4.98 Å². The molecule has 8 heteroatoms. The van der Waals surface area contributed by atoms with Crippen molar-refractivity contribution in [2.24, 2.45) is 5.73 Å². The maximum atomic E-state index is 11.7. The largest absolute Gasteiger partial charge is 0.390 e. The first-order chi connectivity index (χ1) is 11.0. The van der Waals surface area contributed by atoms with E-state index < -0.39 is 30.3 Å². The van der Waals surface area contributed by atoms with Gasteiger partial charge in [0.1, 0.15) is 16.8 Å². The lowest BCUT2D eigenvalue weighted by molar-refractivity contribution is -0.162. The number of aromatic nitrogens is 2. The molecule has 2 aromatic rings. The summed E-state index contributed by atoms with van der Waals surface area (Å²) in [5, 5.41) is 20.4. The minimum absolute atomic E-state index is 0.134. The van der Waals surface area contributed by atoms with Crippen LogP contribution in [-0.2, 0) is 4.74 Å². The van der Waals surface area contributed by atoms with Gasteiger partial charge in [-0.1, -0.05) is 0 Å². The molecule has 0 spiro atoms. The van der Waals surface area contributed by atoms with Crippen molar-refractivity contribution in [1.82, 2.24) is 9.97 Å². The molecule has 1 saturated heterocycles. The fraction of sp³-hybridized carbons (Fsp3) is 0.400. The quantitative estimate of drug-likeness (QED) is 0.766. The number of rotatable bonds is 3. The average molecular weight is 335 g/mol. The molecule has 3 rings (SSSR count). The molecule has 4 unspecified atom stereocenters. The van der Waals surface area contributed by atoms with E-state index in [0.29, 0.717) is 9.88 Å². The minimum atomic E-state index is -0.950. The number of nitrogens with zero attached hydrogens (tertiary/aromatic N) is 2. The molecule has 0 aromatic carbocycles. The Labute approximate surface area is 136 Å². The summed E-state index contributed by atoms with van der Waals surface area (Å²) in [6, 6.07) is 3.61. The summed E-state index contributed by atoms with van der Waals surface area (Å²) in [4.78, 5) is 20.6. The van der Waals surface area contributed by atoms with Gasteiger partial charge in [0.2, 0.25) is 0 Å². The molecule has 3 heterocycles. The Kier molecular flexibility index (Phi) is 4.40. The first-order valence-electron chi connectivity index (χ1n) is 7.20. The van der Waals surface area contributed by atoms with Gasteiger partial charge >= 0.3 is 0 Å². The predicted molar refractivity (Wildman–Crippen MR) is 83.8 cm³/mol. The third-order valence-corrected chi connectivity index (χ3v) is 4.99. The lowest BCUT2D eigenvalue weighted by atomic mass is 9.97. The maximum absolute atomic E-state index is 11.7. The minimum Gasteiger partial charge on any atom is -0.390 e. The van der Waals surface area contributed by atoms with E-state index in [0.717, 1.165) is 5.56 Å². The Morgan fingerprint density at radius 2 is 2.26 bits per heavy atom. The van der Waals surface area contributed by atoms with E-state index >= 15 is 0 Å². The van der Waals surface area contributed by atoms with E-state index in [-0.39, 0.29) is 12.1 Å². The van der Waals surface area contributed by atoms with Crippen LogP contribution in [0.4, 0.5) is 0 Å². The number of aliphatic hydroxyl groups excluding tert-OH is 2. The summed E-state index contributed by atoms with van der Waals surface area (Å²) >= 11 is 1.28. The van der Waals surface area contributed by atoms with Crippen LogP contribution in [0, 0.1) is 0 Å². The van der Waals surface area contributed by atoms with Crippen molar-refractivity contribution in [2.45, 2.75) is 37.8 Å². The smallest absolute Gasteiger partial charge is 0.268 e. The number of hydrogen-bond donors (Lipinski definition) is 3. The summed E-state index contributed by atoms with van der Waals surface area (Å²) in [7, 11) is 0. The van der Waals surface area contributed by atoms with Crippen molar-refractivity contribution in [2.75, 3.05) is 0 Å². The number of ether oxygens (including phenoxy) is 1. The highest BCUT2D eigenvalue weighted by Crippen LogP contribution is 2.39. The molecule has 23 heavy (non-hydrogen) atoms. The lowest BCUT2D eigenvalue weighted by Gasteiger charge is -2.35. The molecular weight excluding hydrogens is 318 g/mol. The van der Waals surface area contributed by atoms with Crippen molar-refractivity contribution in [3.05, 3.63) is 35.1 Å². The summed E-state index contributed by atoms with van der Waals surface area (Å²) in [6.45, 7) is 1.67. The van der Waals surface area contributed by atoms with Gasteiger partial charge in [0.15, 0.2) is 0 Å². The van der Waals surface area contributed by atoms with Crippen molar-refractivity contribution >= 4 is 17.2 Å². The second-order valence-corrected chi connectivity index (χ2v) is 6.49. The first kappa shape index (κ1) is 16.0. The van der Waals surface area contributed by atoms with Crippen LogP contribution in [-0.4, -0.2) is 44.4 Å². The van der Waals surface area contributed by atoms with E-state index in [1.54, 1.807) is 25.4 Å². The molecular formula is C15H17N3O4S. The monoisotopic (exact) mass is 335 g/mol. The van der Waals surface area contributed by atoms with Crippen molar-refractivity contribution in [1.29, 1.82) is 0 Å². The Morgan fingerprint density at radius 1 is 1.48 bits per heavy atom. The normalized spacial score (nSPS) is 27.8. The standard InChI is InChI=1S/C15H17N3O4S/c1-7-12(20)9(19)5-10(22-7)13-11(14(16)21)18-15(23-13)8-3-2-4-17-6-8/h2-4,6-7,9-10,12,19-20H,5H2,1H3,(H2,16,21). The molecule has 0 radical (unpaired) electrons. The fourth-order valence-corrected chi connectivity index (χ4v) is 3.68. The molecule has 1 amide bonds. The fourth-order valence-electron chi connectivity index (χ4n) is 2.58. The molecule has 4 atom stereocenters. The lowest BCUT2D eigenvalue weighted by Crippen LogP contribution is -2.44. The average Bonchev–Trinajstić information content (AvgIpc) is 2.98. The van der Waals surface area contributed by atoms with Gasteiger partial charge in [0, 0.05) is 24.4 Å². The third-order valence-electron chi connectivity index (χ3n) is 3.80. The highest BCUT2D eigenvalue weighted by molar-refractivity contribution is 7.15. The summed E-state index contributed by atoms with van der Waals surface area (Å²) in [6.07, 6.45) is 0.526. The van der Waals surface area contributed by atoms with Crippen molar-refractivity contribution < 1.29 is 19.7 Å². The van der Waals surface area contributed by atoms with E-state index in [2.05, 4.69) is 9.97 Å². The van der Waals surface area contributed by atoms with Gasteiger partial charge in [0.25, 0.3) is 5.91 Å². The molecule has 0 bridgehead atoms. The van der Waals surface area contributed by atoms with Crippen molar-refractivity contribution in [3.63, 3.8) is 0 Å². The van der Waals surface area contributed by atoms with Gasteiger partial charge in [-0.3, -0.25) is 9.78 Å². The molecule has 4 N–H and O–H groups in total. The molecule has 7 nitrogen and oxygen atoms in total. The number of primary amides is 1. The van der Waals surface area contributed by atoms with E-state index in [9.17, 15) is 15.0 Å². The first-order valence-corrected chi connectivity index (χ1v) is 8.01. The Morgan fingerprint density at radius 3 is 2.87 bits per heavy atom. The van der Waals surface area contributed by atoms with Crippen LogP contribution in [0.25, 0.3) is 10.6 Å². The predicted octanol–water partition coefficient (Wildman–Crippen LogP) is 0.876. The van der Waals surface area contributed by atoms with Gasteiger partial charge in [-0.2, -0.15) is 0 Å². The maximum Gasteiger partial charge on any atom is 0.268 e. The van der Waals surface area contributed by atoms with Crippen LogP contribution < -0.4 is 5.73 Å². The van der Waals surface area contributed by atoms with Crippen LogP contribution in [0.2, 0.25) is 0 Å².